The predicted molar refractivity (Wildman–Crippen MR) is 67.4 cm³/mol. The van der Waals surface area contributed by atoms with Crippen LogP contribution in [-0.2, 0) is 17.6 Å². The minimum absolute atomic E-state index is 0.813. The highest BCUT2D eigenvalue weighted by Gasteiger charge is 1.93. The first kappa shape index (κ1) is 14.2. The SMILES string of the molecule is CC.CCOCCc1ccc(CC)cc1. The summed E-state index contributed by atoms with van der Waals surface area (Å²) >= 11 is 0. The van der Waals surface area contributed by atoms with Gasteiger partial charge in [-0.2, -0.15) is 0 Å². The van der Waals surface area contributed by atoms with Crippen molar-refractivity contribution in [3.63, 3.8) is 0 Å². The molecule has 1 nitrogen and oxygen atoms in total. The monoisotopic (exact) mass is 208 g/mol. The van der Waals surface area contributed by atoms with Gasteiger partial charge < -0.3 is 4.74 Å². The van der Waals surface area contributed by atoms with Crippen LogP contribution in [0.5, 0.6) is 0 Å². The molecule has 0 N–H and O–H groups in total. The Labute approximate surface area is 94.5 Å². The van der Waals surface area contributed by atoms with Gasteiger partial charge in [-0.3, -0.25) is 0 Å². The smallest absolute Gasteiger partial charge is 0.0506 e. The fourth-order valence-corrected chi connectivity index (χ4v) is 1.28. The molecule has 1 aromatic carbocycles. The van der Waals surface area contributed by atoms with Gasteiger partial charge in [0.2, 0.25) is 0 Å². The number of rotatable bonds is 5. The van der Waals surface area contributed by atoms with E-state index in [9.17, 15) is 0 Å². The van der Waals surface area contributed by atoms with Gasteiger partial charge in [0.05, 0.1) is 6.61 Å². The van der Waals surface area contributed by atoms with Crippen molar-refractivity contribution in [1.29, 1.82) is 0 Å². The van der Waals surface area contributed by atoms with Crippen molar-refractivity contribution >= 4 is 0 Å². The van der Waals surface area contributed by atoms with E-state index in [1.165, 1.54) is 11.1 Å². The molecule has 86 valence electrons. The quantitative estimate of drug-likeness (QED) is 0.668. The average molecular weight is 208 g/mol. The minimum Gasteiger partial charge on any atom is -0.381 e. The Morgan fingerprint density at radius 2 is 1.47 bits per heavy atom. The lowest BCUT2D eigenvalue weighted by atomic mass is 10.1. The molecule has 0 aromatic heterocycles. The number of hydrogen-bond donors (Lipinski definition) is 0. The molecular weight excluding hydrogens is 184 g/mol. The maximum atomic E-state index is 5.29. The Bertz CT molecular complexity index is 226. The molecule has 0 spiro atoms. The first-order valence-corrected chi connectivity index (χ1v) is 6.02. The van der Waals surface area contributed by atoms with Crippen molar-refractivity contribution in [1.82, 2.24) is 0 Å². The molecule has 1 aromatic rings. The standard InChI is InChI=1S/C12H18O.C2H6/c1-3-11-5-7-12(8-6-11)9-10-13-4-2;1-2/h5-8H,3-4,9-10H2,1-2H3;1-2H3. The highest BCUT2D eigenvalue weighted by atomic mass is 16.5. The van der Waals surface area contributed by atoms with Gasteiger partial charge in [0.15, 0.2) is 0 Å². The zero-order chi connectivity index (χ0) is 11.5. The third kappa shape index (κ3) is 6.29. The first-order valence-electron chi connectivity index (χ1n) is 6.02. The van der Waals surface area contributed by atoms with Crippen LogP contribution in [0, 0.1) is 0 Å². The van der Waals surface area contributed by atoms with Crippen LogP contribution in [0.1, 0.15) is 38.8 Å². The van der Waals surface area contributed by atoms with Gasteiger partial charge in [-0.25, -0.2) is 0 Å². The lowest BCUT2D eigenvalue weighted by molar-refractivity contribution is 0.151. The summed E-state index contributed by atoms with van der Waals surface area (Å²) in [6.07, 6.45) is 2.14. The summed E-state index contributed by atoms with van der Waals surface area (Å²) in [5.41, 5.74) is 2.77. The van der Waals surface area contributed by atoms with E-state index in [0.717, 1.165) is 26.1 Å². The highest BCUT2D eigenvalue weighted by Crippen LogP contribution is 2.05. The van der Waals surface area contributed by atoms with Crippen LogP contribution in [-0.4, -0.2) is 13.2 Å². The van der Waals surface area contributed by atoms with Crippen LogP contribution >= 0.6 is 0 Å². The normalized spacial score (nSPS) is 9.33. The second-order valence-corrected chi connectivity index (χ2v) is 3.12. The molecule has 0 radical (unpaired) electrons. The Morgan fingerprint density at radius 3 is 1.93 bits per heavy atom. The third-order valence-electron chi connectivity index (χ3n) is 2.17. The Morgan fingerprint density at radius 1 is 0.933 bits per heavy atom. The van der Waals surface area contributed by atoms with E-state index >= 15 is 0 Å². The summed E-state index contributed by atoms with van der Waals surface area (Å²) in [6, 6.07) is 8.78. The molecule has 0 aliphatic carbocycles. The van der Waals surface area contributed by atoms with Crippen LogP contribution in [0.4, 0.5) is 0 Å². The number of aryl methyl sites for hydroxylation is 1. The maximum Gasteiger partial charge on any atom is 0.0506 e. The van der Waals surface area contributed by atoms with Gasteiger partial charge in [-0.15, -0.1) is 0 Å². The molecule has 0 aliphatic rings. The lowest BCUT2D eigenvalue weighted by Gasteiger charge is -2.02. The summed E-state index contributed by atoms with van der Waals surface area (Å²) in [5.74, 6) is 0. The van der Waals surface area contributed by atoms with Gasteiger partial charge in [0.25, 0.3) is 0 Å². The first-order chi connectivity index (χ1) is 7.36. The molecule has 0 unspecified atom stereocenters. The van der Waals surface area contributed by atoms with Gasteiger partial charge in [-0.05, 0) is 30.9 Å². The molecule has 0 saturated heterocycles. The molecule has 1 heteroatoms. The van der Waals surface area contributed by atoms with Crippen LogP contribution in [0.15, 0.2) is 24.3 Å². The number of benzene rings is 1. The largest absolute Gasteiger partial charge is 0.381 e. The Kier molecular flexibility index (Phi) is 9.19. The molecule has 0 amide bonds. The van der Waals surface area contributed by atoms with Gasteiger partial charge in [0.1, 0.15) is 0 Å². The molecular formula is C14H24O. The molecule has 0 heterocycles. The van der Waals surface area contributed by atoms with Crippen molar-refractivity contribution < 1.29 is 4.74 Å². The summed E-state index contributed by atoms with van der Waals surface area (Å²) in [6.45, 7) is 9.85. The number of hydrogen-bond acceptors (Lipinski definition) is 1. The zero-order valence-electron chi connectivity index (χ0n) is 10.5. The zero-order valence-corrected chi connectivity index (χ0v) is 10.5. The maximum absolute atomic E-state index is 5.29. The van der Waals surface area contributed by atoms with Gasteiger partial charge in [0, 0.05) is 6.61 Å². The van der Waals surface area contributed by atoms with E-state index in [1.807, 2.05) is 20.8 Å². The fourth-order valence-electron chi connectivity index (χ4n) is 1.28. The average Bonchev–Trinajstić information content (AvgIpc) is 2.33. The van der Waals surface area contributed by atoms with E-state index in [1.54, 1.807) is 0 Å². The van der Waals surface area contributed by atoms with Crippen LogP contribution in [0.25, 0.3) is 0 Å². The van der Waals surface area contributed by atoms with Crippen molar-refractivity contribution in [2.75, 3.05) is 13.2 Å². The van der Waals surface area contributed by atoms with Gasteiger partial charge >= 0.3 is 0 Å². The molecule has 0 saturated carbocycles. The topological polar surface area (TPSA) is 9.23 Å². The van der Waals surface area contributed by atoms with E-state index < -0.39 is 0 Å². The third-order valence-corrected chi connectivity index (χ3v) is 2.17. The van der Waals surface area contributed by atoms with E-state index in [-0.39, 0.29) is 0 Å². The number of ether oxygens (including phenoxy) is 1. The second kappa shape index (κ2) is 9.72. The predicted octanol–water partition coefficient (Wildman–Crippen LogP) is 3.85. The van der Waals surface area contributed by atoms with Crippen molar-refractivity contribution in [3.05, 3.63) is 35.4 Å². The van der Waals surface area contributed by atoms with Crippen LogP contribution in [0.2, 0.25) is 0 Å². The summed E-state index contributed by atoms with van der Waals surface area (Å²) in [4.78, 5) is 0. The highest BCUT2D eigenvalue weighted by molar-refractivity contribution is 5.22. The Hall–Kier alpha value is -0.820. The van der Waals surface area contributed by atoms with E-state index in [0.29, 0.717) is 0 Å². The van der Waals surface area contributed by atoms with Crippen molar-refractivity contribution in [3.8, 4) is 0 Å². The Balaban J connectivity index is 0.000000921. The molecule has 1 rings (SSSR count). The summed E-state index contributed by atoms with van der Waals surface area (Å²) in [7, 11) is 0. The van der Waals surface area contributed by atoms with E-state index in [4.69, 9.17) is 4.74 Å². The van der Waals surface area contributed by atoms with Crippen molar-refractivity contribution in [2.24, 2.45) is 0 Å². The molecule has 0 fully saturated rings. The molecule has 0 bridgehead atoms. The molecule has 0 atom stereocenters. The lowest BCUT2D eigenvalue weighted by Crippen LogP contribution is -1.97. The van der Waals surface area contributed by atoms with Gasteiger partial charge in [-0.1, -0.05) is 45.0 Å². The minimum atomic E-state index is 0.813. The summed E-state index contributed by atoms with van der Waals surface area (Å²) in [5, 5.41) is 0. The van der Waals surface area contributed by atoms with Crippen molar-refractivity contribution in [2.45, 2.75) is 40.5 Å². The fraction of sp³-hybridized carbons (Fsp3) is 0.571. The summed E-state index contributed by atoms with van der Waals surface area (Å²) < 4.78 is 5.29. The second-order valence-electron chi connectivity index (χ2n) is 3.12. The van der Waals surface area contributed by atoms with Crippen LogP contribution < -0.4 is 0 Å². The molecule has 15 heavy (non-hydrogen) atoms. The van der Waals surface area contributed by atoms with Crippen LogP contribution in [0.3, 0.4) is 0 Å². The van der Waals surface area contributed by atoms with E-state index in [2.05, 4.69) is 31.2 Å². The molecule has 0 aliphatic heterocycles.